The van der Waals surface area contributed by atoms with Crippen LogP contribution in [-0.2, 0) is 0 Å². The van der Waals surface area contributed by atoms with E-state index in [0.717, 1.165) is 28.7 Å². The molecule has 0 saturated carbocycles. The molecule has 1 fully saturated rings. The highest BCUT2D eigenvalue weighted by molar-refractivity contribution is 7.80. The van der Waals surface area contributed by atoms with E-state index >= 15 is 0 Å². The number of nitrogens with one attached hydrogen (secondary N) is 1. The number of hydrogen-bond donors (Lipinski definition) is 2. The normalized spacial score (nSPS) is 18.8. The third-order valence-electron chi connectivity index (χ3n) is 5.66. The Labute approximate surface area is 183 Å². The van der Waals surface area contributed by atoms with Crippen molar-refractivity contribution < 1.29 is 5.11 Å². The zero-order valence-electron chi connectivity index (χ0n) is 17.8. The van der Waals surface area contributed by atoms with E-state index in [1.54, 1.807) is 12.1 Å². The number of rotatable bonds is 5. The van der Waals surface area contributed by atoms with Gasteiger partial charge >= 0.3 is 0 Å². The summed E-state index contributed by atoms with van der Waals surface area (Å²) < 4.78 is 2.24. The Hall–Kier alpha value is -2.86. The summed E-state index contributed by atoms with van der Waals surface area (Å²) >= 11 is 5.76. The molecule has 1 saturated heterocycles. The molecule has 3 heterocycles. The summed E-state index contributed by atoms with van der Waals surface area (Å²) in [5, 5.41) is 14.0. The van der Waals surface area contributed by atoms with Crippen LogP contribution in [-0.4, -0.2) is 31.2 Å². The van der Waals surface area contributed by atoms with Gasteiger partial charge in [0.2, 0.25) is 0 Å². The van der Waals surface area contributed by atoms with Gasteiger partial charge in [-0.15, -0.1) is 0 Å². The number of pyridine rings is 1. The third kappa shape index (κ3) is 3.67. The number of benzene rings is 1. The van der Waals surface area contributed by atoms with Crippen molar-refractivity contribution in [3.63, 3.8) is 0 Å². The number of nitrogens with zero attached hydrogens (tertiary/aromatic N) is 3. The van der Waals surface area contributed by atoms with Crippen molar-refractivity contribution in [2.24, 2.45) is 5.92 Å². The fourth-order valence-corrected chi connectivity index (χ4v) is 4.74. The van der Waals surface area contributed by atoms with Gasteiger partial charge in [-0.2, -0.15) is 0 Å². The molecule has 2 aromatic heterocycles. The van der Waals surface area contributed by atoms with E-state index in [-0.39, 0.29) is 17.8 Å². The van der Waals surface area contributed by atoms with Crippen LogP contribution >= 0.6 is 12.2 Å². The predicted molar refractivity (Wildman–Crippen MR) is 124 cm³/mol. The Kier molecular flexibility index (Phi) is 5.52. The van der Waals surface area contributed by atoms with Crippen LogP contribution in [0.2, 0.25) is 0 Å². The first-order valence-electron chi connectivity index (χ1n) is 10.3. The van der Waals surface area contributed by atoms with Crippen LogP contribution in [0.1, 0.15) is 48.6 Å². The summed E-state index contributed by atoms with van der Waals surface area (Å²) in [6.07, 6.45) is 1.84. The minimum Gasteiger partial charge on any atom is -0.508 e. The van der Waals surface area contributed by atoms with Crippen LogP contribution < -0.4 is 5.32 Å². The van der Waals surface area contributed by atoms with Crippen LogP contribution in [0.15, 0.2) is 54.7 Å². The molecule has 0 spiro atoms. The molecular weight excluding hydrogens is 392 g/mol. The van der Waals surface area contributed by atoms with E-state index in [1.807, 2.05) is 30.5 Å². The molecular formula is C24H28N4OS. The SMILES string of the molecule is Cc1cc(C2C(c3ccccn3)NC(=S)N2CC(C)C)c(C)n1-c1ccc(O)cc1. The van der Waals surface area contributed by atoms with Gasteiger partial charge in [-0.25, -0.2) is 0 Å². The second-order valence-electron chi connectivity index (χ2n) is 8.35. The zero-order chi connectivity index (χ0) is 21.4. The number of aromatic nitrogens is 2. The van der Waals surface area contributed by atoms with Gasteiger partial charge in [-0.1, -0.05) is 19.9 Å². The smallest absolute Gasteiger partial charge is 0.170 e. The standard InChI is InChI=1S/C24H28N4OS/c1-15(2)14-27-23(22(26-24(27)30)21-7-5-6-12-25-21)20-13-16(3)28(17(20)4)18-8-10-19(29)11-9-18/h5-13,15,22-23,29H,14H2,1-4H3,(H,26,30). The molecule has 6 heteroatoms. The summed E-state index contributed by atoms with van der Waals surface area (Å²) in [5.41, 5.74) is 5.59. The lowest BCUT2D eigenvalue weighted by molar-refractivity contribution is 0.287. The first kappa shape index (κ1) is 20.4. The van der Waals surface area contributed by atoms with E-state index in [1.165, 1.54) is 11.3 Å². The Morgan fingerprint density at radius 2 is 1.87 bits per heavy atom. The Morgan fingerprint density at radius 1 is 1.13 bits per heavy atom. The number of thiocarbonyl (C=S) groups is 1. The van der Waals surface area contributed by atoms with Crippen molar-refractivity contribution in [3.8, 4) is 11.4 Å². The average molecular weight is 421 g/mol. The van der Waals surface area contributed by atoms with Gasteiger partial charge in [0.25, 0.3) is 0 Å². The number of hydrogen-bond acceptors (Lipinski definition) is 3. The summed E-state index contributed by atoms with van der Waals surface area (Å²) in [6, 6.07) is 15.7. The Balaban J connectivity index is 1.83. The molecule has 3 aromatic rings. The van der Waals surface area contributed by atoms with E-state index in [0.29, 0.717) is 5.92 Å². The highest BCUT2D eigenvalue weighted by atomic mass is 32.1. The maximum atomic E-state index is 9.68. The van der Waals surface area contributed by atoms with Gasteiger partial charge in [-0.3, -0.25) is 4.98 Å². The van der Waals surface area contributed by atoms with Gasteiger partial charge in [-0.05, 0) is 80.0 Å². The number of phenols is 1. The highest BCUT2D eigenvalue weighted by Gasteiger charge is 2.41. The summed E-state index contributed by atoms with van der Waals surface area (Å²) in [4.78, 5) is 6.94. The molecule has 1 aliphatic heterocycles. The average Bonchev–Trinajstić information content (AvgIpc) is 3.19. The number of aromatic hydroxyl groups is 1. The molecule has 0 bridgehead atoms. The molecule has 30 heavy (non-hydrogen) atoms. The topological polar surface area (TPSA) is 53.3 Å². The lowest BCUT2D eigenvalue weighted by Gasteiger charge is -2.29. The fraction of sp³-hybridized carbons (Fsp3) is 0.333. The third-order valence-corrected chi connectivity index (χ3v) is 6.01. The van der Waals surface area contributed by atoms with Crippen molar-refractivity contribution in [1.29, 1.82) is 0 Å². The molecule has 156 valence electrons. The number of phenolic OH excluding ortho intramolecular Hbond substituents is 1. The molecule has 5 nitrogen and oxygen atoms in total. The van der Waals surface area contributed by atoms with Crippen molar-refractivity contribution in [2.75, 3.05) is 6.54 Å². The van der Waals surface area contributed by atoms with Gasteiger partial charge in [0.05, 0.1) is 17.8 Å². The van der Waals surface area contributed by atoms with E-state index in [9.17, 15) is 5.11 Å². The monoisotopic (exact) mass is 420 g/mol. The lowest BCUT2D eigenvalue weighted by atomic mass is 9.96. The van der Waals surface area contributed by atoms with E-state index in [4.69, 9.17) is 12.2 Å². The number of aryl methyl sites for hydroxylation is 1. The first-order chi connectivity index (χ1) is 14.4. The molecule has 2 N–H and O–H groups in total. The van der Waals surface area contributed by atoms with Crippen molar-refractivity contribution in [3.05, 3.63) is 77.4 Å². The van der Waals surface area contributed by atoms with Crippen LogP contribution in [0, 0.1) is 19.8 Å². The van der Waals surface area contributed by atoms with Crippen LogP contribution in [0.5, 0.6) is 5.75 Å². The van der Waals surface area contributed by atoms with Crippen molar-refractivity contribution in [2.45, 2.75) is 39.8 Å². The summed E-state index contributed by atoms with van der Waals surface area (Å²) in [5.74, 6) is 0.750. The molecule has 1 aromatic carbocycles. The molecule has 0 radical (unpaired) electrons. The van der Waals surface area contributed by atoms with Crippen LogP contribution in [0.25, 0.3) is 5.69 Å². The van der Waals surface area contributed by atoms with Crippen LogP contribution in [0.4, 0.5) is 0 Å². The van der Waals surface area contributed by atoms with Crippen molar-refractivity contribution in [1.82, 2.24) is 19.8 Å². The fourth-order valence-electron chi connectivity index (χ4n) is 4.42. The molecule has 1 aliphatic rings. The molecule has 0 amide bonds. The second-order valence-corrected chi connectivity index (χ2v) is 8.74. The maximum absolute atomic E-state index is 9.68. The Bertz CT molecular complexity index is 1040. The highest BCUT2D eigenvalue weighted by Crippen LogP contribution is 2.41. The first-order valence-corrected chi connectivity index (χ1v) is 10.7. The van der Waals surface area contributed by atoms with Gasteiger partial charge in [0.15, 0.2) is 5.11 Å². The lowest BCUT2D eigenvalue weighted by Crippen LogP contribution is -2.33. The minimum absolute atomic E-state index is 0.00813. The summed E-state index contributed by atoms with van der Waals surface area (Å²) in [6.45, 7) is 9.58. The quantitative estimate of drug-likeness (QED) is 0.580. The largest absolute Gasteiger partial charge is 0.508 e. The van der Waals surface area contributed by atoms with Crippen LogP contribution in [0.3, 0.4) is 0 Å². The Morgan fingerprint density at radius 3 is 2.50 bits per heavy atom. The molecule has 2 atom stereocenters. The molecule has 0 aliphatic carbocycles. The molecule has 2 unspecified atom stereocenters. The molecule has 4 rings (SSSR count). The van der Waals surface area contributed by atoms with Gasteiger partial charge in [0, 0.05) is 29.8 Å². The maximum Gasteiger partial charge on any atom is 0.170 e. The van der Waals surface area contributed by atoms with Gasteiger partial charge < -0.3 is 19.9 Å². The zero-order valence-corrected chi connectivity index (χ0v) is 18.6. The summed E-state index contributed by atoms with van der Waals surface area (Å²) in [7, 11) is 0. The second kappa shape index (κ2) is 8.11. The van der Waals surface area contributed by atoms with E-state index in [2.05, 4.69) is 59.6 Å². The predicted octanol–water partition coefficient (Wildman–Crippen LogP) is 4.82. The van der Waals surface area contributed by atoms with E-state index < -0.39 is 0 Å². The van der Waals surface area contributed by atoms with Crippen molar-refractivity contribution >= 4 is 17.3 Å². The minimum atomic E-state index is -0.00813. The van der Waals surface area contributed by atoms with Gasteiger partial charge in [0.1, 0.15) is 5.75 Å².